The third-order valence-electron chi connectivity index (χ3n) is 7.10. The van der Waals surface area contributed by atoms with E-state index in [-0.39, 0.29) is 30.4 Å². The molecule has 2 saturated carbocycles. The lowest BCUT2D eigenvalue weighted by molar-refractivity contribution is -0.157. The van der Waals surface area contributed by atoms with Crippen LogP contribution in [-0.4, -0.2) is 37.0 Å². The first-order valence-corrected chi connectivity index (χ1v) is 12.0. The van der Waals surface area contributed by atoms with E-state index in [4.69, 9.17) is 4.74 Å². The summed E-state index contributed by atoms with van der Waals surface area (Å²) >= 11 is 0. The van der Waals surface area contributed by atoms with Crippen molar-refractivity contribution in [2.24, 2.45) is 11.8 Å². The van der Waals surface area contributed by atoms with Crippen molar-refractivity contribution in [2.75, 3.05) is 18.1 Å². The number of carbonyl (C=O) groups is 3. The van der Waals surface area contributed by atoms with Crippen molar-refractivity contribution in [1.82, 2.24) is 5.32 Å². The Bertz CT molecular complexity index is 800. The first kappa shape index (κ1) is 21.8. The number of amides is 2. The van der Waals surface area contributed by atoms with Crippen molar-refractivity contribution in [3.8, 4) is 0 Å². The number of fused-ring (bicyclic) bond motifs is 1. The fourth-order valence-electron chi connectivity index (χ4n) is 5.41. The summed E-state index contributed by atoms with van der Waals surface area (Å²) in [5, 5.41) is 3.02. The Morgan fingerprint density at radius 3 is 2.35 bits per heavy atom. The molecule has 0 radical (unpaired) electrons. The molecule has 6 nitrogen and oxygen atoms in total. The molecule has 2 atom stereocenters. The third kappa shape index (κ3) is 5.28. The number of para-hydroxylation sites is 1. The van der Waals surface area contributed by atoms with E-state index in [1.54, 1.807) is 0 Å². The second-order valence-electron chi connectivity index (χ2n) is 9.23. The summed E-state index contributed by atoms with van der Waals surface area (Å²) in [7, 11) is 0. The zero-order chi connectivity index (χ0) is 21.6. The summed E-state index contributed by atoms with van der Waals surface area (Å²) in [4.78, 5) is 40.3. The van der Waals surface area contributed by atoms with Crippen LogP contribution < -0.4 is 10.2 Å². The summed E-state index contributed by atoms with van der Waals surface area (Å²) < 4.78 is 5.41. The summed E-state index contributed by atoms with van der Waals surface area (Å²) in [5.74, 6) is -1.43. The molecular formula is C25H34N2O4. The molecule has 6 heteroatoms. The highest BCUT2D eigenvalue weighted by molar-refractivity contribution is 5.99. The smallest absolute Gasteiger partial charge is 0.310 e. The second-order valence-corrected chi connectivity index (χ2v) is 9.23. The molecule has 0 bridgehead atoms. The monoisotopic (exact) mass is 426 g/mol. The van der Waals surface area contributed by atoms with E-state index in [1.807, 2.05) is 23.1 Å². The quantitative estimate of drug-likeness (QED) is 0.575. The third-order valence-corrected chi connectivity index (χ3v) is 7.10. The number of anilines is 1. The summed E-state index contributed by atoms with van der Waals surface area (Å²) in [6, 6.07) is 8.17. The van der Waals surface area contributed by atoms with Gasteiger partial charge in [0.1, 0.15) is 0 Å². The molecular weight excluding hydrogens is 392 g/mol. The van der Waals surface area contributed by atoms with Crippen molar-refractivity contribution in [3.05, 3.63) is 29.8 Å². The lowest BCUT2D eigenvalue weighted by Crippen LogP contribution is -2.43. The van der Waals surface area contributed by atoms with Gasteiger partial charge in [0, 0.05) is 18.3 Å². The van der Waals surface area contributed by atoms with E-state index in [9.17, 15) is 14.4 Å². The molecule has 0 spiro atoms. The van der Waals surface area contributed by atoms with E-state index in [0.29, 0.717) is 19.4 Å². The van der Waals surface area contributed by atoms with Crippen LogP contribution >= 0.6 is 0 Å². The lowest BCUT2D eigenvalue weighted by Gasteiger charge is -2.32. The van der Waals surface area contributed by atoms with E-state index in [0.717, 1.165) is 50.6 Å². The topological polar surface area (TPSA) is 75.7 Å². The van der Waals surface area contributed by atoms with E-state index >= 15 is 0 Å². The number of ether oxygens (including phenoxy) is 1. The maximum absolute atomic E-state index is 13.4. The van der Waals surface area contributed by atoms with Gasteiger partial charge in [-0.15, -0.1) is 0 Å². The Morgan fingerprint density at radius 2 is 1.58 bits per heavy atom. The number of benzene rings is 1. The highest BCUT2D eigenvalue weighted by Crippen LogP contribution is 2.36. The number of nitrogens with zero attached hydrogens (tertiary/aromatic N) is 1. The zero-order valence-corrected chi connectivity index (χ0v) is 18.3. The van der Waals surface area contributed by atoms with Crippen molar-refractivity contribution in [3.63, 3.8) is 0 Å². The number of rotatable bonds is 5. The first-order chi connectivity index (χ1) is 15.1. The molecule has 1 N–H and O–H groups in total. The molecule has 31 heavy (non-hydrogen) atoms. The standard InChI is InChI=1S/C25H34N2O4/c28-23(26-19-10-3-1-2-4-11-19)17-31-25(30)21-13-7-6-12-20(21)24(29)27-16-15-18-9-5-8-14-22(18)27/h5,8-9,14,19-21H,1-4,6-7,10-13,15-17H2,(H,26,28). The number of esters is 1. The van der Waals surface area contributed by atoms with E-state index in [1.165, 1.54) is 18.4 Å². The molecule has 1 heterocycles. The normalized spacial score (nSPS) is 24.2. The van der Waals surface area contributed by atoms with Gasteiger partial charge in [-0.3, -0.25) is 14.4 Å². The molecule has 0 aromatic heterocycles. The summed E-state index contributed by atoms with van der Waals surface area (Å²) in [6.45, 7) is 0.416. The van der Waals surface area contributed by atoms with Crippen LogP contribution in [0.2, 0.25) is 0 Å². The van der Waals surface area contributed by atoms with Crippen molar-refractivity contribution in [1.29, 1.82) is 0 Å². The zero-order valence-electron chi connectivity index (χ0n) is 18.3. The number of hydrogen-bond donors (Lipinski definition) is 1. The van der Waals surface area contributed by atoms with Gasteiger partial charge in [0.15, 0.2) is 6.61 Å². The molecule has 2 amide bonds. The van der Waals surface area contributed by atoms with E-state index < -0.39 is 11.9 Å². The predicted octanol–water partition coefficient (Wildman–Crippen LogP) is 3.76. The fraction of sp³-hybridized carbons (Fsp3) is 0.640. The minimum absolute atomic E-state index is 0.0227. The molecule has 1 aromatic rings. The number of hydrogen-bond acceptors (Lipinski definition) is 4. The molecule has 1 aliphatic heterocycles. The Labute approximate surface area is 184 Å². The van der Waals surface area contributed by atoms with Crippen molar-refractivity contribution >= 4 is 23.5 Å². The van der Waals surface area contributed by atoms with Crippen LogP contribution in [0, 0.1) is 11.8 Å². The largest absolute Gasteiger partial charge is 0.455 e. The maximum Gasteiger partial charge on any atom is 0.310 e. The molecule has 2 aliphatic carbocycles. The Hall–Kier alpha value is -2.37. The molecule has 0 saturated heterocycles. The molecule has 2 fully saturated rings. The minimum atomic E-state index is -0.459. The second kappa shape index (κ2) is 10.3. The highest BCUT2D eigenvalue weighted by atomic mass is 16.5. The average molecular weight is 427 g/mol. The molecule has 3 aliphatic rings. The van der Waals surface area contributed by atoms with Gasteiger partial charge in [-0.1, -0.05) is 56.7 Å². The maximum atomic E-state index is 13.4. The van der Waals surface area contributed by atoms with Gasteiger partial charge in [0.25, 0.3) is 5.91 Å². The Kier molecular flexibility index (Phi) is 7.25. The van der Waals surface area contributed by atoms with Crippen LogP contribution in [0.4, 0.5) is 5.69 Å². The van der Waals surface area contributed by atoms with Gasteiger partial charge >= 0.3 is 5.97 Å². The van der Waals surface area contributed by atoms with Crippen LogP contribution in [-0.2, 0) is 25.5 Å². The highest BCUT2D eigenvalue weighted by Gasteiger charge is 2.40. The van der Waals surface area contributed by atoms with Gasteiger partial charge in [-0.25, -0.2) is 0 Å². The van der Waals surface area contributed by atoms with Gasteiger partial charge in [0.05, 0.1) is 11.8 Å². The average Bonchev–Trinajstić information content (AvgIpc) is 3.06. The van der Waals surface area contributed by atoms with Crippen LogP contribution in [0.5, 0.6) is 0 Å². The van der Waals surface area contributed by atoms with Gasteiger partial charge in [-0.2, -0.15) is 0 Å². The van der Waals surface area contributed by atoms with Crippen molar-refractivity contribution < 1.29 is 19.1 Å². The summed E-state index contributed by atoms with van der Waals surface area (Å²) in [5.41, 5.74) is 2.15. The Morgan fingerprint density at radius 1 is 0.903 bits per heavy atom. The minimum Gasteiger partial charge on any atom is -0.455 e. The fourth-order valence-corrected chi connectivity index (χ4v) is 5.41. The van der Waals surface area contributed by atoms with Gasteiger partial charge in [-0.05, 0) is 43.7 Å². The lowest BCUT2D eigenvalue weighted by atomic mass is 9.78. The molecule has 168 valence electrons. The van der Waals surface area contributed by atoms with Crippen LogP contribution in [0.1, 0.15) is 69.8 Å². The number of nitrogens with one attached hydrogen (secondary N) is 1. The van der Waals surface area contributed by atoms with Gasteiger partial charge < -0.3 is 15.0 Å². The van der Waals surface area contributed by atoms with Gasteiger partial charge in [0.2, 0.25) is 5.91 Å². The van der Waals surface area contributed by atoms with Crippen LogP contribution in [0.3, 0.4) is 0 Å². The SMILES string of the molecule is O=C(COC(=O)C1CCCCC1C(=O)N1CCc2ccccc21)NC1CCCCCC1. The first-order valence-electron chi connectivity index (χ1n) is 12.0. The predicted molar refractivity (Wildman–Crippen MR) is 119 cm³/mol. The van der Waals surface area contributed by atoms with Crippen LogP contribution in [0.15, 0.2) is 24.3 Å². The Balaban J connectivity index is 1.33. The molecule has 2 unspecified atom stereocenters. The van der Waals surface area contributed by atoms with Crippen molar-refractivity contribution in [2.45, 2.75) is 76.7 Å². The van der Waals surface area contributed by atoms with E-state index in [2.05, 4.69) is 11.4 Å². The van der Waals surface area contributed by atoms with Crippen LogP contribution in [0.25, 0.3) is 0 Å². The number of carbonyl (C=O) groups excluding carboxylic acids is 3. The summed E-state index contributed by atoms with van der Waals surface area (Å²) in [6.07, 6.45) is 10.8. The molecule has 4 rings (SSSR count). The molecule has 1 aromatic carbocycles.